The van der Waals surface area contributed by atoms with Crippen LogP contribution in [0.3, 0.4) is 0 Å². The largest absolute Gasteiger partial charge is 0.493 e. The molecule has 100 valence electrons. The molecule has 2 rings (SSSR count). The van der Waals surface area contributed by atoms with E-state index in [1.165, 1.54) is 13.2 Å². The van der Waals surface area contributed by atoms with Gasteiger partial charge in [-0.2, -0.15) is 9.78 Å². The number of hydrogen-bond donors (Lipinski definition) is 2. The lowest BCUT2D eigenvalue weighted by atomic mass is 10.2. The lowest BCUT2D eigenvalue weighted by Gasteiger charge is -2.14. The van der Waals surface area contributed by atoms with Crippen molar-refractivity contribution in [2.24, 2.45) is 0 Å². The molecule has 1 aliphatic rings. The molecule has 8 heteroatoms. The first kappa shape index (κ1) is 13.3. The summed E-state index contributed by atoms with van der Waals surface area (Å²) < 4.78 is 11.2. The Bertz CT molecular complexity index is 492. The summed E-state index contributed by atoms with van der Waals surface area (Å²) in [5, 5.41) is 22.4. The lowest BCUT2D eigenvalue weighted by Crippen LogP contribution is -2.28. The van der Waals surface area contributed by atoms with E-state index in [1.54, 1.807) is 0 Å². The number of ether oxygens (including phenoxy) is 2. The van der Waals surface area contributed by atoms with E-state index in [-0.39, 0.29) is 23.9 Å². The van der Waals surface area contributed by atoms with Crippen molar-refractivity contribution in [1.82, 2.24) is 9.78 Å². The highest BCUT2D eigenvalue weighted by Crippen LogP contribution is 2.28. The Labute approximate surface area is 108 Å². The van der Waals surface area contributed by atoms with Gasteiger partial charge < -0.3 is 19.7 Å². The molecule has 0 amide bonds. The quantitative estimate of drug-likeness (QED) is 0.776. The standard InChI is InChI=1S/C10H13ClN2O5/c1-17-6-3-8(16)13(12-10(6)11)9-2-5(15)7(4-14)18-9/h3,5,7,9,14-15H,2,4H2,1H3/t5-,7+,9+/m0/s1. The van der Waals surface area contributed by atoms with Crippen molar-refractivity contribution >= 4 is 11.6 Å². The van der Waals surface area contributed by atoms with Crippen molar-refractivity contribution < 1.29 is 19.7 Å². The third kappa shape index (κ3) is 2.35. The van der Waals surface area contributed by atoms with Crippen LogP contribution in [0.15, 0.2) is 10.9 Å². The maximum Gasteiger partial charge on any atom is 0.273 e. The zero-order chi connectivity index (χ0) is 13.3. The van der Waals surface area contributed by atoms with Crippen LogP contribution in [0.2, 0.25) is 5.15 Å². The van der Waals surface area contributed by atoms with Crippen molar-refractivity contribution in [3.05, 3.63) is 21.6 Å². The molecule has 18 heavy (non-hydrogen) atoms. The van der Waals surface area contributed by atoms with Crippen LogP contribution >= 0.6 is 11.6 Å². The van der Waals surface area contributed by atoms with Crippen LogP contribution in [0, 0.1) is 0 Å². The number of rotatable bonds is 3. The van der Waals surface area contributed by atoms with Crippen molar-refractivity contribution in [3.8, 4) is 5.75 Å². The van der Waals surface area contributed by atoms with E-state index in [9.17, 15) is 9.90 Å². The predicted octanol–water partition coefficient (Wildman–Crippen LogP) is -0.454. The van der Waals surface area contributed by atoms with Crippen LogP contribution in [0.25, 0.3) is 0 Å². The summed E-state index contributed by atoms with van der Waals surface area (Å²) in [4.78, 5) is 11.8. The van der Waals surface area contributed by atoms with Gasteiger partial charge >= 0.3 is 0 Å². The molecule has 1 saturated heterocycles. The lowest BCUT2D eigenvalue weighted by molar-refractivity contribution is -0.0501. The van der Waals surface area contributed by atoms with E-state index in [4.69, 9.17) is 26.2 Å². The Morgan fingerprint density at radius 2 is 2.44 bits per heavy atom. The Kier molecular flexibility index (Phi) is 3.86. The predicted molar refractivity (Wildman–Crippen MR) is 61.7 cm³/mol. The molecular weight excluding hydrogens is 264 g/mol. The van der Waals surface area contributed by atoms with Gasteiger partial charge in [-0.1, -0.05) is 11.6 Å². The zero-order valence-corrected chi connectivity index (χ0v) is 10.4. The SMILES string of the molecule is COc1cc(=O)n([C@H]2C[C@H](O)[C@@H](CO)O2)nc1Cl. The van der Waals surface area contributed by atoms with E-state index < -0.39 is 24.0 Å². The van der Waals surface area contributed by atoms with Crippen LogP contribution in [0.1, 0.15) is 12.6 Å². The number of aliphatic hydroxyl groups excluding tert-OH is 2. The highest BCUT2D eigenvalue weighted by atomic mass is 35.5. The minimum Gasteiger partial charge on any atom is -0.493 e. The molecule has 0 aromatic carbocycles. The molecule has 0 aliphatic carbocycles. The Morgan fingerprint density at radius 1 is 1.72 bits per heavy atom. The molecule has 1 aliphatic heterocycles. The summed E-state index contributed by atoms with van der Waals surface area (Å²) in [5.41, 5.74) is -0.452. The van der Waals surface area contributed by atoms with Crippen molar-refractivity contribution in [2.45, 2.75) is 24.9 Å². The molecular formula is C10H13ClN2O5. The molecule has 0 saturated carbocycles. The van der Waals surface area contributed by atoms with Crippen LogP contribution in [0.5, 0.6) is 5.75 Å². The van der Waals surface area contributed by atoms with Crippen LogP contribution in [-0.2, 0) is 4.74 Å². The molecule has 1 fully saturated rings. The Morgan fingerprint density at radius 3 is 3.00 bits per heavy atom. The van der Waals surface area contributed by atoms with Gasteiger partial charge in [-0.25, -0.2) is 0 Å². The fourth-order valence-corrected chi connectivity index (χ4v) is 2.02. The van der Waals surface area contributed by atoms with E-state index in [0.717, 1.165) is 4.68 Å². The highest BCUT2D eigenvalue weighted by Gasteiger charge is 2.35. The molecule has 2 N–H and O–H groups in total. The first-order valence-corrected chi connectivity index (χ1v) is 5.72. The third-order valence-corrected chi connectivity index (χ3v) is 3.02. The van der Waals surface area contributed by atoms with E-state index in [0.29, 0.717) is 0 Å². The van der Waals surface area contributed by atoms with Crippen molar-refractivity contribution in [1.29, 1.82) is 0 Å². The number of hydrogen-bond acceptors (Lipinski definition) is 6. The van der Waals surface area contributed by atoms with Gasteiger partial charge in [0.2, 0.25) is 0 Å². The minimum absolute atomic E-state index is 0.0302. The molecule has 0 unspecified atom stereocenters. The normalized spacial score (nSPS) is 27.4. The molecule has 0 spiro atoms. The minimum atomic E-state index is -0.838. The average molecular weight is 277 g/mol. The second-order valence-corrected chi connectivity index (χ2v) is 4.26. The summed E-state index contributed by atoms with van der Waals surface area (Å²) >= 11 is 5.82. The van der Waals surface area contributed by atoms with E-state index in [1.807, 2.05) is 0 Å². The maximum atomic E-state index is 11.8. The van der Waals surface area contributed by atoms with Gasteiger partial charge in [-0.05, 0) is 0 Å². The zero-order valence-electron chi connectivity index (χ0n) is 9.62. The van der Waals surface area contributed by atoms with Gasteiger partial charge in [0, 0.05) is 6.42 Å². The first-order chi connectivity index (χ1) is 8.56. The van der Waals surface area contributed by atoms with Crippen LogP contribution in [0.4, 0.5) is 0 Å². The molecule has 3 atom stereocenters. The third-order valence-electron chi connectivity index (χ3n) is 2.76. The number of aliphatic hydroxyl groups is 2. The smallest absolute Gasteiger partial charge is 0.273 e. The van der Waals surface area contributed by atoms with E-state index in [2.05, 4.69) is 5.10 Å². The topological polar surface area (TPSA) is 93.8 Å². The molecule has 7 nitrogen and oxygen atoms in total. The van der Waals surface area contributed by atoms with Gasteiger partial charge in [0.1, 0.15) is 6.10 Å². The van der Waals surface area contributed by atoms with Gasteiger partial charge in [0.25, 0.3) is 5.56 Å². The summed E-state index contributed by atoms with van der Waals surface area (Å²) in [6.07, 6.45) is -2.13. The molecule has 1 aromatic heterocycles. The molecule has 0 bridgehead atoms. The molecule has 0 radical (unpaired) electrons. The van der Waals surface area contributed by atoms with Gasteiger partial charge in [0.05, 0.1) is 25.9 Å². The van der Waals surface area contributed by atoms with Gasteiger partial charge in [-0.3, -0.25) is 4.79 Å². The second kappa shape index (κ2) is 5.23. The molecule has 2 heterocycles. The van der Waals surface area contributed by atoms with Crippen molar-refractivity contribution in [2.75, 3.05) is 13.7 Å². The van der Waals surface area contributed by atoms with E-state index >= 15 is 0 Å². The average Bonchev–Trinajstić information content (AvgIpc) is 2.72. The molecule has 1 aromatic rings. The highest BCUT2D eigenvalue weighted by molar-refractivity contribution is 6.30. The fraction of sp³-hybridized carbons (Fsp3) is 0.600. The number of nitrogens with zero attached hydrogens (tertiary/aromatic N) is 2. The summed E-state index contributed by atoms with van der Waals surface area (Å²) in [6.45, 7) is -0.323. The number of halogens is 1. The van der Waals surface area contributed by atoms with Crippen LogP contribution < -0.4 is 10.3 Å². The number of aromatic nitrogens is 2. The Balaban J connectivity index is 2.30. The fourth-order valence-electron chi connectivity index (χ4n) is 1.81. The van der Waals surface area contributed by atoms with Gasteiger partial charge in [-0.15, -0.1) is 0 Å². The monoisotopic (exact) mass is 276 g/mol. The Hall–Kier alpha value is -1.15. The maximum absolute atomic E-state index is 11.8. The summed E-state index contributed by atoms with van der Waals surface area (Å²) in [5.74, 6) is 0.176. The second-order valence-electron chi connectivity index (χ2n) is 3.90. The number of methoxy groups -OCH3 is 1. The van der Waals surface area contributed by atoms with Crippen LogP contribution in [-0.4, -0.2) is 45.9 Å². The van der Waals surface area contributed by atoms with Gasteiger partial charge in [0.15, 0.2) is 17.1 Å². The summed E-state index contributed by atoms with van der Waals surface area (Å²) in [6, 6.07) is 1.19. The first-order valence-electron chi connectivity index (χ1n) is 5.34. The summed E-state index contributed by atoms with van der Waals surface area (Å²) in [7, 11) is 1.38. The van der Waals surface area contributed by atoms with Crippen molar-refractivity contribution in [3.63, 3.8) is 0 Å².